The molecule has 3 aliphatic heterocycles. The molecular weight excluding hydrogens is 384 g/mol. The summed E-state index contributed by atoms with van der Waals surface area (Å²) in [5.41, 5.74) is 1.04. The summed E-state index contributed by atoms with van der Waals surface area (Å²) < 4.78 is 14.0. The Kier molecular flexibility index (Phi) is 4.90. The van der Waals surface area contributed by atoms with Crippen molar-refractivity contribution >= 4 is 35.5 Å². The van der Waals surface area contributed by atoms with E-state index in [0.29, 0.717) is 36.1 Å². The Hall–Kier alpha value is -2.72. The molecule has 3 heterocycles. The maximum atomic E-state index is 12.8. The van der Waals surface area contributed by atoms with Crippen LogP contribution < -0.4 is 19.5 Å². The van der Waals surface area contributed by atoms with Gasteiger partial charge in [0.15, 0.2) is 11.5 Å². The van der Waals surface area contributed by atoms with Crippen LogP contribution in [0.15, 0.2) is 29.3 Å². The van der Waals surface area contributed by atoms with E-state index >= 15 is 0 Å². The van der Waals surface area contributed by atoms with Gasteiger partial charge in [-0.05, 0) is 26.0 Å². The van der Waals surface area contributed by atoms with E-state index in [1.807, 2.05) is 0 Å². The van der Waals surface area contributed by atoms with Crippen molar-refractivity contribution in [3.63, 3.8) is 0 Å². The van der Waals surface area contributed by atoms with Crippen molar-refractivity contribution in [2.24, 2.45) is 0 Å². The van der Waals surface area contributed by atoms with Gasteiger partial charge in [-0.25, -0.2) is 9.52 Å². The highest BCUT2D eigenvalue weighted by molar-refractivity contribution is 8.00. The van der Waals surface area contributed by atoms with Crippen molar-refractivity contribution < 1.29 is 23.9 Å². The Morgan fingerprint density at radius 1 is 1.29 bits per heavy atom. The van der Waals surface area contributed by atoms with E-state index in [9.17, 15) is 14.4 Å². The van der Waals surface area contributed by atoms with Crippen molar-refractivity contribution in [2.45, 2.75) is 25.9 Å². The molecule has 1 unspecified atom stereocenters. The molecule has 1 aromatic carbocycles. The fourth-order valence-electron chi connectivity index (χ4n) is 3.26. The average Bonchev–Trinajstić information content (AvgIpc) is 3.15. The van der Waals surface area contributed by atoms with Gasteiger partial charge < -0.3 is 14.8 Å². The van der Waals surface area contributed by atoms with E-state index < -0.39 is 12.1 Å². The molecule has 0 saturated carbocycles. The number of carbonyl (C=O) groups is 3. The third kappa shape index (κ3) is 3.29. The van der Waals surface area contributed by atoms with Crippen LogP contribution in [0.5, 0.6) is 11.5 Å². The van der Waals surface area contributed by atoms with Crippen molar-refractivity contribution in [2.75, 3.05) is 25.1 Å². The second-order valence-corrected chi connectivity index (χ2v) is 7.50. The Balaban J connectivity index is 1.50. The molecule has 10 heteroatoms. The third-order valence-corrected chi connectivity index (χ3v) is 5.27. The van der Waals surface area contributed by atoms with Crippen LogP contribution in [0.25, 0.3) is 0 Å². The van der Waals surface area contributed by atoms with Crippen molar-refractivity contribution in [1.82, 2.24) is 14.5 Å². The lowest BCUT2D eigenvalue weighted by molar-refractivity contribution is -0.133. The summed E-state index contributed by atoms with van der Waals surface area (Å²) in [6.45, 7) is 4.27. The molecule has 3 aliphatic rings. The number of nitrogens with zero attached hydrogens (tertiary/aromatic N) is 2. The summed E-state index contributed by atoms with van der Waals surface area (Å²) >= 11 is 1.23. The molecule has 0 spiro atoms. The van der Waals surface area contributed by atoms with E-state index in [-0.39, 0.29) is 24.4 Å². The fourth-order valence-corrected chi connectivity index (χ4v) is 4.07. The van der Waals surface area contributed by atoms with Gasteiger partial charge in [0.2, 0.25) is 5.91 Å². The van der Waals surface area contributed by atoms with Gasteiger partial charge in [0, 0.05) is 23.2 Å². The number of carbonyl (C=O) groups excluding carboxylic acids is 3. The van der Waals surface area contributed by atoms with Crippen LogP contribution in [0.2, 0.25) is 0 Å². The molecule has 1 aromatic rings. The standard InChI is InChI=1S/C18H20N4O5S/c1-10(2)22-17(24)16-12(9-28-20-16)21(18(22)25)8-15(23)19-11-3-4-13-14(7-11)27-6-5-26-13/h3-4,7,9-10,16,20H,5-6,8H2,1-2H3,(H,19,23). The number of rotatable bonds is 4. The summed E-state index contributed by atoms with van der Waals surface area (Å²) in [5.74, 6) is 0.511. The minimum atomic E-state index is -0.632. The largest absolute Gasteiger partial charge is 0.486 e. The Labute approximate surface area is 166 Å². The predicted molar refractivity (Wildman–Crippen MR) is 103 cm³/mol. The monoisotopic (exact) mass is 404 g/mol. The van der Waals surface area contributed by atoms with Gasteiger partial charge in [-0.1, -0.05) is 11.9 Å². The number of anilines is 1. The van der Waals surface area contributed by atoms with Gasteiger partial charge in [-0.2, -0.15) is 0 Å². The summed E-state index contributed by atoms with van der Waals surface area (Å²) in [6.07, 6.45) is 0. The molecule has 148 valence electrons. The van der Waals surface area contributed by atoms with Crippen LogP contribution in [0.4, 0.5) is 10.5 Å². The number of amides is 4. The zero-order valence-electron chi connectivity index (χ0n) is 15.4. The highest BCUT2D eigenvalue weighted by Crippen LogP contribution is 2.33. The number of benzene rings is 1. The van der Waals surface area contributed by atoms with Crippen molar-refractivity contribution in [3.8, 4) is 11.5 Å². The van der Waals surface area contributed by atoms with E-state index in [4.69, 9.17) is 9.47 Å². The SMILES string of the molecule is CC(C)N1C(=O)C2NSC=C2N(CC(=O)Nc2ccc3c(c2)OCCO3)C1=O. The van der Waals surface area contributed by atoms with E-state index in [0.717, 1.165) is 0 Å². The predicted octanol–water partition coefficient (Wildman–Crippen LogP) is 1.53. The minimum absolute atomic E-state index is 0.200. The molecule has 0 radical (unpaired) electrons. The molecule has 0 bridgehead atoms. The number of hydrogen-bond acceptors (Lipinski definition) is 7. The van der Waals surface area contributed by atoms with Gasteiger partial charge in [-0.15, -0.1) is 0 Å². The molecule has 9 nitrogen and oxygen atoms in total. The number of fused-ring (bicyclic) bond motifs is 2. The average molecular weight is 404 g/mol. The van der Waals surface area contributed by atoms with Crippen LogP contribution in [0.3, 0.4) is 0 Å². The molecule has 28 heavy (non-hydrogen) atoms. The molecule has 2 N–H and O–H groups in total. The van der Waals surface area contributed by atoms with E-state index in [1.54, 1.807) is 37.5 Å². The molecule has 0 aromatic heterocycles. The number of hydrogen-bond donors (Lipinski definition) is 2. The first-order chi connectivity index (χ1) is 13.5. The molecular formula is C18H20N4O5S. The second kappa shape index (κ2) is 7.36. The third-order valence-electron chi connectivity index (χ3n) is 4.54. The Morgan fingerprint density at radius 2 is 2.04 bits per heavy atom. The number of imide groups is 1. The Morgan fingerprint density at radius 3 is 2.79 bits per heavy atom. The summed E-state index contributed by atoms with van der Waals surface area (Å²) in [6, 6.07) is 3.69. The lowest BCUT2D eigenvalue weighted by Crippen LogP contribution is -2.62. The lowest BCUT2D eigenvalue weighted by atomic mass is 10.1. The first-order valence-electron chi connectivity index (χ1n) is 8.91. The van der Waals surface area contributed by atoms with Crippen LogP contribution in [0, 0.1) is 0 Å². The number of nitrogens with one attached hydrogen (secondary N) is 2. The van der Waals surface area contributed by atoms with Crippen molar-refractivity contribution in [1.29, 1.82) is 0 Å². The van der Waals surface area contributed by atoms with E-state index in [2.05, 4.69) is 10.0 Å². The lowest BCUT2D eigenvalue weighted by Gasteiger charge is -2.39. The Bertz CT molecular complexity index is 872. The van der Waals surface area contributed by atoms with Gasteiger partial charge in [-0.3, -0.25) is 19.4 Å². The maximum Gasteiger partial charge on any atom is 0.331 e. The quantitative estimate of drug-likeness (QED) is 0.734. The van der Waals surface area contributed by atoms with Crippen LogP contribution >= 0.6 is 11.9 Å². The second-order valence-electron chi connectivity index (χ2n) is 6.79. The number of urea groups is 1. The zero-order valence-corrected chi connectivity index (χ0v) is 16.2. The summed E-state index contributed by atoms with van der Waals surface area (Å²) in [7, 11) is 0. The van der Waals surface area contributed by atoms with Crippen LogP contribution in [0.1, 0.15) is 13.8 Å². The number of ether oxygens (including phenoxy) is 2. The molecule has 4 rings (SSSR count). The highest BCUT2D eigenvalue weighted by atomic mass is 32.2. The van der Waals surface area contributed by atoms with E-state index in [1.165, 1.54) is 21.7 Å². The smallest absolute Gasteiger partial charge is 0.331 e. The molecule has 1 atom stereocenters. The maximum absolute atomic E-state index is 12.8. The summed E-state index contributed by atoms with van der Waals surface area (Å²) in [5, 5.41) is 4.46. The van der Waals surface area contributed by atoms with Gasteiger partial charge in [0.05, 0.1) is 5.70 Å². The molecule has 1 saturated heterocycles. The zero-order chi connectivity index (χ0) is 19.8. The summed E-state index contributed by atoms with van der Waals surface area (Å²) in [4.78, 5) is 40.5. The normalized spacial score (nSPS) is 21.0. The minimum Gasteiger partial charge on any atom is -0.486 e. The van der Waals surface area contributed by atoms with Gasteiger partial charge in [0.1, 0.15) is 25.8 Å². The van der Waals surface area contributed by atoms with Gasteiger partial charge in [0.25, 0.3) is 5.91 Å². The van der Waals surface area contributed by atoms with Crippen LogP contribution in [-0.2, 0) is 9.59 Å². The van der Waals surface area contributed by atoms with Crippen molar-refractivity contribution in [3.05, 3.63) is 29.3 Å². The first kappa shape index (κ1) is 18.6. The van der Waals surface area contributed by atoms with Gasteiger partial charge >= 0.3 is 6.03 Å². The topological polar surface area (TPSA) is 100 Å². The van der Waals surface area contributed by atoms with Crippen LogP contribution in [-0.4, -0.2) is 59.5 Å². The molecule has 0 aliphatic carbocycles. The highest BCUT2D eigenvalue weighted by Gasteiger charge is 2.46. The first-order valence-corrected chi connectivity index (χ1v) is 9.79. The molecule has 4 amide bonds. The fraction of sp³-hybridized carbons (Fsp3) is 0.389. The molecule has 1 fully saturated rings.